The van der Waals surface area contributed by atoms with Crippen molar-refractivity contribution in [3.05, 3.63) is 29.8 Å². The van der Waals surface area contributed by atoms with E-state index in [9.17, 15) is 0 Å². The first-order valence-electron chi connectivity index (χ1n) is 6.55. The van der Waals surface area contributed by atoms with Crippen molar-refractivity contribution in [2.45, 2.75) is 38.2 Å². The van der Waals surface area contributed by atoms with Crippen LogP contribution in [0.4, 0.5) is 0 Å². The van der Waals surface area contributed by atoms with Crippen molar-refractivity contribution in [1.82, 2.24) is 15.1 Å². The van der Waals surface area contributed by atoms with Gasteiger partial charge in [-0.2, -0.15) is 4.98 Å². The van der Waals surface area contributed by atoms with Crippen LogP contribution >= 0.6 is 0 Å². The maximum Gasteiger partial charge on any atom is 0.258 e. The standard InChI is InChI=1S/C14H17N3O2/c1-10-9-15-8-5-11(10)12-16-13(17-19-12)14(18-2)6-3-4-7-14/h5,8-9H,3-4,6-7H2,1-2H3. The van der Waals surface area contributed by atoms with Gasteiger partial charge in [-0.05, 0) is 44.2 Å². The third-order valence-corrected chi connectivity index (χ3v) is 3.89. The number of aryl methyl sites for hydroxylation is 1. The Bertz CT molecular complexity index is 574. The summed E-state index contributed by atoms with van der Waals surface area (Å²) in [5, 5.41) is 4.13. The molecule has 19 heavy (non-hydrogen) atoms. The zero-order chi connectivity index (χ0) is 13.3. The Hall–Kier alpha value is -1.75. The summed E-state index contributed by atoms with van der Waals surface area (Å²) in [6, 6.07) is 1.89. The van der Waals surface area contributed by atoms with Crippen molar-refractivity contribution in [1.29, 1.82) is 0 Å². The fourth-order valence-corrected chi connectivity index (χ4v) is 2.70. The average Bonchev–Trinajstić information content (AvgIpc) is 3.09. The van der Waals surface area contributed by atoms with Crippen LogP contribution in [-0.4, -0.2) is 22.2 Å². The molecule has 5 nitrogen and oxygen atoms in total. The van der Waals surface area contributed by atoms with E-state index in [1.165, 1.54) is 0 Å². The second kappa shape index (κ2) is 4.74. The Morgan fingerprint density at radius 3 is 2.79 bits per heavy atom. The summed E-state index contributed by atoms with van der Waals surface area (Å²) in [7, 11) is 1.72. The van der Waals surface area contributed by atoms with Crippen LogP contribution in [0.5, 0.6) is 0 Å². The van der Waals surface area contributed by atoms with E-state index >= 15 is 0 Å². The normalized spacial score (nSPS) is 17.8. The molecule has 0 saturated heterocycles. The quantitative estimate of drug-likeness (QED) is 0.848. The number of rotatable bonds is 3. The van der Waals surface area contributed by atoms with E-state index in [0.717, 1.165) is 36.8 Å². The lowest BCUT2D eigenvalue weighted by atomic mass is 10.0. The van der Waals surface area contributed by atoms with Crippen LogP contribution < -0.4 is 0 Å². The van der Waals surface area contributed by atoms with E-state index in [0.29, 0.717) is 11.7 Å². The molecule has 2 aromatic rings. The Morgan fingerprint density at radius 1 is 1.32 bits per heavy atom. The van der Waals surface area contributed by atoms with Crippen LogP contribution in [0.2, 0.25) is 0 Å². The fourth-order valence-electron chi connectivity index (χ4n) is 2.70. The molecule has 1 aliphatic carbocycles. The molecule has 0 radical (unpaired) electrons. The van der Waals surface area contributed by atoms with E-state index in [2.05, 4.69) is 15.1 Å². The molecule has 5 heteroatoms. The van der Waals surface area contributed by atoms with Gasteiger partial charge in [0.15, 0.2) is 0 Å². The monoisotopic (exact) mass is 259 g/mol. The Labute approximate surface area is 112 Å². The highest BCUT2D eigenvalue weighted by Crippen LogP contribution is 2.40. The van der Waals surface area contributed by atoms with Gasteiger partial charge in [0, 0.05) is 25.1 Å². The van der Waals surface area contributed by atoms with Crippen LogP contribution in [0.25, 0.3) is 11.5 Å². The lowest BCUT2D eigenvalue weighted by Gasteiger charge is -2.22. The van der Waals surface area contributed by atoms with Gasteiger partial charge in [-0.15, -0.1) is 0 Å². The predicted molar refractivity (Wildman–Crippen MR) is 69.4 cm³/mol. The van der Waals surface area contributed by atoms with Crippen molar-refractivity contribution in [2.24, 2.45) is 0 Å². The molecule has 100 valence electrons. The van der Waals surface area contributed by atoms with Crippen molar-refractivity contribution < 1.29 is 9.26 Å². The molecule has 0 bridgehead atoms. The summed E-state index contributed by atoms with van der Waals surface area (Å²) in [6.45, 7) is 1.98. The first kappa shape index (κ1) is 12.3. The molecule has 2 heterocycles. The number of methoxy groups -OCH3 is 1. The third kappa shape index (κ3) is 2.04. The minimum atomic E-state index is -0.358. The van der Waals surface area contributed by atoms with E-state index in [-0.39, 0.29) is 5.60 Å². The Morgan fingerprint density at radius 2 is 2.11 bits per heavy atom. The second-order valence-electron chi connectivity index (χ2n) is 5.02. The first-order valence-corrected chi connectivity index (χ1v) is 6.55. The lowest BCUT2D eigenvalue weighted by Crippen LogP contribution is -2.25. The summed E-state index contributed by atoms with van der Waals surface area (Å²) in [4.78, 5) is 8.61. The molecular weight excluding hydrogens is 242 g/mol. The molecule has 1 saturated carbocycles. The van der Waals surface area contributed by atoms with Gasteiger partial charge in [0.2, 0.25) is 5.82 Å². The van der Waals surface area contributed by atoms with Crippen LogP contribution in [0.3, 0.4) is 0 Å². The molecule has 3 rings (SSSR count). The first-order chi connectivity index (χ1) is 9.25. The molecule has 0 amide bonds. The maximum atomic E-state index is 5.67. The van der Waals surface area contributed by atoms with Gasteiger partial charge in [0.05, 0.1) is 0 Å². The Kier molecular flexibility index (Phi) is 3.06. The number of pyridine rings is 1. The number of aromatic nitrogens is 3. The van der Waals surface area contributed by atoms with Gasteiger partial charge in [-0.1, -0.05) is 5.16 Å². The zero-order valence-corrected chi connectivity index (χ0v) is 11.2. The highest BCUT2D eigenvalue weighted by Gasteiger charge is 2.40. The number of nitrogens with zero attached hydrogens (tertiary/aromatic N) is 3. The fraction of sp³-hybridized carbons (Fsp3) is 0.500. The molecule has 0 aromatic carbocycles. The molecule has 0 atom stereocenters. The van der Waals surface area contributed by atoms with Gasteiger partial charge in [0.25, 0.3) is 5.89 Å². The number of hydrogen-bond donors (Lipinski definition) is 0. The van der Waals surface area contributed by atoms with Crippen molar-refractivity contribution >= 4 is 0 Å². The van der Waals surface area contributed by atoms with Crippen molar-refractivity contribution in [3.8, 4) is 11.5 Å². The van der Waals surface area contributed by atoms with Crippen LogP contribution in [-0.2, 0) is 10.3 Å². The topological polar surface area (TPSA) is 61.0 Å². The average molecular weight is 259 g/mol. The second-order valence-corrected chi connectivity index (χ2v) is 5.02. The lowest BCUT2D eigenvalue weighted by molar-refractivity contribution is -0.0178. The van der Waals surface area contributed by atoms with Crippen LogP contribution in [0.1, 0.15) is 37.1 Å². The molecule has 2 aromatic heterocycles. The molecular formula is C14H17N3O2. The summed E-state index contributed by atoms with van der Waals surface area (Å²) in [5.74, 6) is 1.21. The Balaban J connectivity index is 1.98. The van der Waals surface area contributed by atoms with Gasteiger partial charge in [-0.3, -0.25) is 4.98 Å². The third-order valence-electron chi connectivity index (χ3n) is 3.89. The van der Waals surface area contributed by atoms with Gasteiger partial charge in [0.1, 0.15) is 5.60 Å². The summed E-state index contributed by atoms with van der Waals surface area (Å²) in [5.41, 5.74) is 1.59. The molecule has 1 fully saturated rings. The summed E-state index contributed by atoms with van der Waals surface area (Å²) < 4.78 is 11.1. The van der Waals surface area contributed by atoms with Crippen LogP contribution in [0.15, 0.2) is 23.0 Å². The summed E-state index contributed by atoms with van der Waals surface area (Å²) >= 11 is 0. The molecule has 1 aliphatic rings. The van der Waals surface area contributed by atoms with Crippen molar-refractivity contribution in [2.75, 3.05) is 7.11 Å². The van der Waals surface area contributed by atoms with E-state index < -0.39 is 0 Å². The largest absolute Gasteiger partial charge is 0.370 e. The van der Waals surface area contributed by atoms with E-state index in [1.807, 2.05) is 13.0 Å². The predicted octanol–water partition coefficient (Wildman–Crippen LogP) is 2.86. The maximum absolute atomic E-state index is 5.67. The van der Waals surface area contributed by atoms with E-state index in [1.54, 1.807) is 19.5 Å². The van der Waals surface area contributed by atoms with Crippen LogP contribution in [0, 0.1) is 6.92 Å². The molecule has 0 N–H and O–H groups in total. The minimum Gasteiger partial charge on any atom is -0.370 e. The van der Waals surface area contributed by atoms with Gasteiger partial charge >= 0.3 is 0 Å². The van der Waals surface area contributed by atoms with E-state index in [4.69, 9.17) is 9.26 Å². The summed E-state index contributed by atoms with van der Waals surface area (Å²) in [6.07, 6.45) is 7.72. The highest BCUT2D eigenvalue weighted by molar-refractivity contribution is 5.56. The minimum absolute atomic E-state index is 0.358. The van der Waals surface area contributed by atoms with Crippen molar-refractivity contribution in [3.63, 3.8) is 0 Å². The SMILES string of the molecule is COC1(c2noc(-c3ccncc3C)n2)CCCC1. The van der Waals surface area contributed by atoms with Gasteiger partial charge in [-0.25, -0.2) is 0 Å². The zero-order valence-electron chi connectivity index (χ0n) is 11.2. The molecule has 0 unspecified atom stereocenters. The smallest absolute Gasteiger partial charge is 0.258 e. The molecule has 0 spiro atoms. The number of ether oxygens (including phenoxy) is 1. The molecule has 0 aliphatic heterocycles. The highest BCUT2D eigenvalue weighted by atomic mass is 16.5. The van der Waals surface area contributed by atoms with Gasteiger partial charge < -0.3 is 9.26 Å². The number of hydrogen-bond acceptors (Lipinski definition) is 5.